The predicted octanol–water partition coefficient (Wildman–Crippen LogP) is 2.33. The van der Waals surface area contributed by atoms with Gasteiger partial charge in [0.2, 0.25) is 0 Å². The molecule has 0 radical (unpaired) electrons. The zero-order valence-electron chi connectivity index (χ0n) is 10.4. The van der Waals surface area contributed by atoms with Gasteiger partial charge >= 0.3 is 5.97 Å². The van der Waals surface area contributed by atoms with Crippen molar-refractivity contribution < 1.29 is 9.53 Å². The van der Waals surface area contributed by atoms with Gasteiger partial charge in [-0.3, -0.25) is 4.68 Å². The van der Waals surface area contributed by atoms with Crippen molar-refractivity contribution in [2.24, 2.45) is 0 Å². The van der Waals surface area contributed by atoms with Gasteiger partial charge in [-0.2, -0.15) is 5.10 Å². The van der Waals surface area contributed by atoms with E-state index in [0.29, 0.717) is 5.56 Å². The van der Waals surface area contributed by atoms with Gasteiger partial charge in [-0.05, 0) is 20.8 Å². The average molecular weight is 212 g/mol. The fraction of sp³-hybridized carbons (Fsp3) is 0.636. The summed E-state index contributed by atoms with van der Waals surface area (Å²) >= 11 is 0. The molecule has 1 aromatic rings. The highest BCUT2D eigenvalue weighted by Crippen LogP contribution is 2.13. The van der Waals surface area contributed by atoms with Gasteiger partial charge in [0.05, 0.1) is 18.5 Å². The van der Waals surface area contributed by atoms with Crippen LogP contribution in [0.2, 0.25) is 0 Å². The highest BCUT2D eigenvalue weighted by atomic mass is 16.5. The minimum absolute atomic E-state index is 0.310. The summed E-state index contributed by atoms with van der Waals surface area (Å²) in [7, 11) is 1.38. The van der Waals surface area contributed by atoms with Crippen LogP contribution in [0.15, 0.2) is 0 Å². The molecule has 1 heterocycles. The molecule has 0 unspecified atom stereocenters. The Balaban J connectivity index is 0.000000921. The SMILES string of the molecule is CC.CCn1nc(C)c(C(=O)OC)c1C. The Bertz CT molecular complexity index is 330. The number of ether oxygens (including phenoxy) is 1. The third-order valence-corrected chi connectivity index (χ3v) is 2.07. The average Bonchev–Trinajstić information content (AvgIpc) is 2.55. The van der Waals surface area contributed by atoms with Crippen LogP contribution in [0, 0.1) is 13.8 Å². The maximum absolute atomic E-state index is 11.3. The molecular formula is C11H20N2O2. The molecule has 0 bridgehead atoms. The van der Waals surface area contributed by atoms with E-state index >= 15 is 0 Å². The van der Waals surface area contributed by atoms with Crippen molar-refractivity contribution in [2.75, 3.05) is 7.11 Å². The lowest BCUT2D eigenvalue weighted by Gasteiger charge is -2.00. The summed E-state index contributed by atoms with van der Waals surface area (Å²) in [5.41, 5.74) is 2.18. The van der Waals surface area contributed by atoms with Crippen LogP contribution in [-0.2, 0) is 11.3 Å². The first-order valence-electron chi connectivity index (χ1n) is 5.24. The van der Waals surface area contributed by atoms with E-state index in [-0.39, 0.29) is 5.97 Å². The third kappa shape index (κ3) is 2.81. The van der Waals surface area contributed by atoms with E-state index in [2.05, 4.69) is 9.84 Å². The van der Waals surface area contributed by atoms with Crippen molar-refractivity contribution in [3.63, 3.8) is 0 Å². The van der Waals surface area contributed by atoms with Crippen molar-refractivity contribution >= 4 is 5.97 Å². The second kappa shape index (κ2) is 6.22. The second-order valence-corrected chi connectivity index (χ2v) is 2.85. The lowest BCUT2D eigenvalue weighted by Crippen LogP contribution is -2.05. The Morgan fingerprint density at radius 3 is 2.27 bits per heavy atom. The fourth-order valence-corrected chi connectivity index (χ4v) is 1.40. The molecular weight excluding hydrogens is 192 g/mol. The molecule has 0 aliphatic heterocycles. The summed E-state index contributed by atoms with van der Waals surface area (Å²) in [4.78, 5) is 11.3. The maximum atomic E-state index is 11.3. The molecule has 4 nitrogen and oxygen atoms in total. The van der Waals surface area contributed by atoms with E-state index in [4.69, 9.17) is 0 Å². The van der Waals surface area contributed by atoms with Gasteiger partial charge in [-0.25, -0.2) is 4.79 Å². The topological polar surface area (TPSA) is 44.1 Å². The number of carbonyl (C=O) groups excluding carboxylic acids is 1. The molecule has 0 aliphatic carbocycles. The Morgan fingerprint density at radius 1 is 1.40 bits per heavy atom. The zero-order chi connectivity index (χ0) is 12.0. The second-order valence-electron chi connectivity index (χ2n) is 2.85. The molecule has 0 fully saturated rings. The van der Waals surface area contributed by atoms with E-state index in [1.165, 1.54) is 7.11 Å². The molecule has 0 saturated heterocycles. The first-order valence-corrected chi connectivity index (χ1v) is 5.24. The predicted molar refractivity (Wildman–Crippen MR) is 60.1 cm³/mol. The van der Waals surface area contributed by atoms with Crippen LogP contribution in [0.25, 0.3) is 0 Å². The van der Waals surface area contributed by atoms with Gasteiger partial charge in [0.25, 0.3) is 0 Å². The number of methoxy groups -OCH3 is 1. The van der Waals surface area contributed by atoms with Crippen molar-refractivity contribution in [1.82, 2.24) is 9.78 Å². The summed E-state index contributed by atoms with van der Waals surface area (Å²) in [5.74, 6) is -0.310. The van der Waals surface area contributed by atoms with Crippen LogP contribution in [-0.4, -0.2) is 22.9 Å². The number of aromatic nitrogens is 2. The van der Waals surface area contributed by atoms with Gasteiger partial charge in [0.15, 0.2) is 0 Å². The summed E-state index contributed by atoms with van der Waals surface area (Å²) < 4.78 is 6.46. The van der Waals surface area contributed by atoms with Crippen molar-refractivity contribution in [3.8, 4) is 0 Å². The maximum Gasteiger partial charge on any atom is 0.341 e. The van der Waals surface area contributed by atoms with Crippen molar-refractivity contribution in [3.05, 3.63) is 17.0 Å². The molecule has 0 aliphatic rings. The third-order valence-electron chi connectivity index (χ3n) is 2.07. The van der Waals surface area contributed by atoms with E-state index in [1.807, 2.05) is 34.6 Å². The van der Waals surface area contributed by atoms with Gasteiger partial charge in [-0.15, -0.1) is 0 Å². The molecule has 15 heavy (non-hydrogen) atoms. The van der Waals surface area contributed by atoms with Crippen LogP contribution in [0.4, 0.5) is 0 Å². The molecule has 0 atom stereocenters. The normalized spacial score (nSPS) is 9.20. The minimum atomic E-state index is -0.310. The Labute approximate surface area is 91.2 Å². The number of rotatable bonds is 2. The Kier molecular flexibility index (Phi) is 5.67. The van der Waals surface area contributed by atoms with Crippen LogP contribution >= 0.6 is 0 Å². The molecule has 1 rings (SSSR count). The van der Waals surface area contributed by atoms with Gasteiger partial charge in [0, 0.05) is 6.54 Å². The first-order chi connectivity index (χ1) is 7.11. The van der Waals surface area contributed by atoms with Crippen LogP contribution < -0.4 is 0 Å². The molecule has 0 saturated carbocycles. The Hall–Kier alpha value is -1.32. The largest absolute Gasteiger partial charge is 0.465 e. The first kappa shape index (κ1) is 13.7. The monoisotopic (exact) mass is 212 g/mol. The number of carbonyl (C=O) groups is 1. The summed E-state index contributed by atoms with van der Waals surface area (Å²) in [5, 5.41) is 4.21. The van der Waals surface area contributed by atoms with Gasteiger partial charge in [-0.1, -0.05) is 13.8 Å². The molecule has 0 spiro atoms. The van der Waals surface area contributed by atoms with E-state index in [0.717, 1.165) is 17.9 Å². The van der Waals surface area contributed by atoms with E-state index in [1.54, 1.807) is 4.68 Å². The highest BCUT2D eigenvalue weighted by molar-refractivity contribution is 5.91. The van der Waals surface area contributed by atoms with Crippen molar-refractivity contribution in [2.45, 2.75) is 41.2 Å². The smallest absolute Gasteiger partial charge is 0.341 e. The molecule has 0 amide bonds. The Morgan fingerprint density at radius 2 is 1.93 bits per heavy atom. The number of hydrogen-bond donors (Lipinski definition) is 0. The number of esters is 1. The lowest BCUT2D eigenvalue weighted by atomic mass is 10.2. The summed E-state index contributed by atoms with van der Waals surface area (Å²) in [6, 6.07) is 0. The number of aryl methyl sites for hydroxylation is 2. The van der Waals surface area contributed by atoms with Gasteiger partial charge in [0.1, 0.15) is 5.56 Å². The lowest BCUT2D eigenvalue weighted by molar-refractivity contribution is 0.0599. The zero-order valence-corrected chi connectivity index (χ0v) is 10.4. The standard InChI is InChI=1S/C9H14N2O2.C2H6/c1-5-11-7(3)8(6(2)10-11)9(12)13-4;1-2/h5H2,1-4H3;1-2H3. The molecule has 0 aromatic carbocycles. The van der Waals surface area contributed by atoms with E-state index < -0.39 is 0 Å². The molecule has 1 aromatic heterocycles. The highest BCUT2D eigenvalue weighted by Gasteiger charge is 2.17. The van der Waals surface area contributed by atoms with Crippen LogP contribution in [0.5, 0.6) is 0 Å². The summed E-state index contributed by atoms with van der Waals surface area (Å²) in [6.45, 7) is 10.4. The molecule has 4 heteroatoms. The quantitative estimate of drug-likeness (QED) is 0.707. The molecule has 0 N–H and O–H groups in total. The van der Waals surface area contributed by atoms with Gasteiger partial charge < -0.3 is 4.74 Å². The van der Waals surface area contributed by atoms with Crippen LogP contribution in [0.3, 0.4) is 0 Å². The molecule has 86 valence electrons. The van der Waals surface area contributed by atoms with Crippen molar-refractivity contribution in [1.29, 1.82) is 0 Å². The number of nitrogens with zero attached hydrogens (tertiary/aromatic N) is 2. The fourth-order valence-electron chi connectivity index (χ4n) is 1.40. The number of hydrogen-bond acceptors (Lipinski definition) is 3. The van der Waals surface area contributed by atoms with Crippen LogP contribution in [0.1, 0.15) is 42.5 Å². The van der Waals surface area contributed by atoms with E-state index in [9.17, 15) is 4.79 Å². The minimum Gasteiger partial charge on any atom is -0.465 e. The summed E-state index contributed by atoms with van der Waals surface area (Å²) in [6.07, 6.45) is 0.